The molecule has 1 aliphatic heterocycles. The summed E-state index contributed by atoms with van der Waals surface area (Å²) < 4.78 is 12.8. The van der Waals surface area contributed by atoms with E-state index >= 15 is 0 Å². The number of benzene rings is 2. The molecule has 6 nitrogen and oxygen atoms in total. The summed E-state index contributed by atoms with van der Waals surface area (Å²) in [6.07, 6.45) is 3.32. The average molecular weight is 349 g/mol. The summed E-state index contributed by atoms with van der Waals surface area (Å²) >= 11 is 0. The Morgan fingerprint density at radius 2 is 2.08 bits per heavy atom. The van der Waals surface area contributed by atoms with Crippen LogP contribution >= 0.6 is 0 Å². The van der Waals surface area contributed by atoms with Crippen molar-refractivity contribution in [3.63, 3.8) is 0 Å². The van der Waals surface area contributed by atoms with Gasteiger partial charge in [-0.2, -0.15) is 5.10 Å². The van der Waals surface area contributed by atoms with E-state index in [2.05, 4.69) is 17.2 Å². The monoisotopic (exact) mass is 349 g/mol. The molecule has 0 fully saturated rings. The SMILES string of the molecule is NC(=O)OC1CCOc2cc(-c3cnn(Cc4ccccc4)c3)ccc21. The van der Waals surface area contributed by atoms with Crippen LogP contribution in [0.4, 0.5) is 4.79 Å². The third-order valence-electron chi connectivity index (χ3n) is 4.41. The molecule has 2 aromatic carbocycles. The highest BCUT2D eigenvalue weighted by molar-refractivity contribution is 5.67. The zero-order chi connectivity index (χ0) is 17.9. The number of rotatable bonds is 4. The number of carbonyl (C=O) groups excluding carboxylic acids is 1. The zero-order valence-electron chi connectivity index (χ0n) is 14.2. The molecule has 0 spiro atoms. The van der Waals surface area contributed by atoms with Crippen molar-refractivity contribution in [1.29, 1.82) is 0 Å². The van der Waals surface area contributed by atoms with Crippen molar-refractivity contribution >= 4 is 6.09 Å². The van der Waals surface area contributed by atoms with Gasteiger partial charge >= 0.3 is 6.09 Å². The number of hydrogen-bond donors (Lipinski definition) is 1. The highest BCUT2D eigenvalue weighted by Crippen LogP contribution is 2.37. The molecule has 132 valence electrons. The van der Waals surface area contributed by atoms with Crippen LogP contribution < -0.4 is 10.5 Å². The molecule has 1 unspecified atom stereocenters. The minimum atomic E-state index is -0.769. The van der Waals surface area contributed by atoms with Gasteiger partial charge in [0.2, 0.25) is 0 Å². The van der Waals surface area contributed by atoms with Gasteiger partial charge in [0.25, 0.3) is 0 Å². The molecule has 1 aliphatic rings. The van der Waals surface area contributed by atoms with Crippen molar-refractivity contribution in [2.45, 2.75) is 19.1 Å². The zero-order valence-corrected chi connectivity index (χ0v) is 14.2. The van der Waals surface area contributed by atoms with Crippen molar-refractivity contribution < 1.29 is 14.3 Å². The van der Waals surface area contributed by atoms with Gasteiger partial charge in [-0.1, -0.05) is 42.5 Å². The van der Waals surface area contributed by atoms with Crippen molar-refractivity contribution in [2.24, 2.45) is 5.73 Å². The largest absolute Gasteiger partial charge is 0.493 e. The van der Waals surface area contributed by atoms with E-state index < -0.39 is 6.09 Å². The quantitative estimate of drug-likeness (QED) is 0.781. The molecule has 1 aromatic heterocycles. The van der Waals surface area contributed by atoms with Crippen LogP contribution in [0.1, 0.15) is 23.7 Å². The van der Waals surface area contributed by atoms with Crippen LogP contribution in [0.5, 0.6) is 5.75 Å². The predicted octanol–water partition coefficient (Wildman–Crippen LogP) is 3.52. The molecular formula is C20H19N3O3. The molecule has 3 aromatic rings. The maximum atomic E-state index is 11.1. The number of primary amides is 1. The highest BCUT2D eigenvalue weighted by atomic mass is 16.6. The van der Waals surface area contributed by atoms with Gasteiger partial charge in [0.1, 0.15) is 11.9 Å². The molecule has 0 bridgehead atoms. The Bertz CT molecular complexity index is 921. The molecule has 6 heteroatoms. The fourth-order valence-corrected chi connectivity index (χ4v) is 3.17. The van der Waals surface area contributed by atoms with Gasteiger partial charge < -0.3 is 15.2 Å². The Labute approximate surface area is 151 Å². The summed E-state index contributed by atoms with van der Waals surface area (Å²) in [5.41, 5.74) is 9.20. The summed E-state index contributed by atoms with van der Waals surface area (Å²) in [6, 6.07) is 16.0. The van der Waals surface area contributed by atoms with Gasteiger partial charge in [-0.25, -0.2) is 4.79 Å². The average Bonchev–Trinajstić information content (AvgIpc) is 3.10. The van der Waals surface area contributed by atoms with Crippen LogP contribution in [-0.2, 0) is 11.3 Å². The molecule has 1 amide bonds. The number of aromatic nitrogens is 2. The predicted molar refractivity (Wildman–Crippen MR) is 96.7 cm³/mol. The molecule has 0 saturated heterocycles. The standard InChI is InChI=1S/C20H19N3O3/c21-20(24)26-18-8-9-25-19-10-15(6-7-17(18)19)16-11-22-23(13-16)12-14-4-2-1-3-5-14/h1-7,10-11,13,18H,8-9,12H2,(H2,21,24). The fourth-order valence-electron chi connectivity index (χ4n) is 3.17. The Morgan fingerprint density at radius 1 is 1.23 bits per heavy atom. The minimum absolute atomic E-state index is 0.355. The van der Waals surface area contributed by atoms with Crippen LogP contribution in [0.3, 0.4) is 0 Å². The molecule has 4 rings (SSSR count). The lowest BCUT2D eigenvalue weighted by Crippen LogP contribution is -2.22. The third-order valence-corrected chi connectivity index (χ3v) is 4.41. The van der Waals surface area contributed by atoms with Crippen LogP contribution in [0, 0.1) is 0 Å². The number of nitrogens with zero attached hydrogens (tertiary/aromatic N) is 2. The summed E-state index contributed by atoms with van der Waals surface area (Å²) in [5, 5.41) is 4.44. The van der Waals surface area contributed by atoms with E-state index in [9.17, 15) is 4.79 Å². The topological polar surface area (TPSA) is 79.4 Å². The maximum Gasteiger partial charge on any atom is 0.405 e. The van der Waals surface area contributed by atoms with E-state index in [-0.39, 0.29) is 6.10 Å². The normalized spacial score (nSPS) is 15.8. The van der Waals surface area contributed by atoms with Crippen LogP contribution in [-0.4, -0.2) is 22.5 Å². The first-order chi connectivity index (χ1) is 12.7. The number of carbonyl (C=O) groups is 1. The van der Waals surface area contributed by atoms with Crippen molar-refractivity contribution in [3.8, 4) is 16.9 Å². The molecule has 0 aliphatic carbocycles. The molecular weight excluding hydrogens is 330 g/mol. The Morgan fingerprint density at radius 3 is 2.88 bits per heavy atom. The number of nitrogens with two attached hydrogens (primary N) is 1. The summed E-state index contributed by atoms with van der Waals surface area (Å²) in [4.78, 5) is 11.1. The van der Waals surface area contributed by atoms with Gasteiger partial charge in [-0.3, -0.25) is 4.68 Å². The Balaban J connectivity index is 1.56. The van der Waals surface area contributed by atoms with Gasteiger partial charge in [-0.15, -0.1) is 0 Å². The second-order valence-corrected chi connectivity index (χ2v) is 6.23. The van der Waals surface area contributed by atoms with Crippen LogP contribution in [0.15, 0.2) is 60.9 Å². The number of hydrogen-bond acceptors (Lipinski definition) is 4. The molecule has 26 heavy (non-hydrogen) atoms. The van der Waals surface area contributed by atoms with E-state index in [0.29, 0.717) is 13.0 Å². The Kier molecular flexibility index (Phi) is 4.31. The molecule has 0 radical (unpaired) electrons. The minimum Gasteiger partial charge on any atom is -0.493 e. The first kappa shape index (κ1) is 16.2. The summed E-state index contributed by atoms with van der Waals surface area (Å²) in [7, 11) is 0. The van der Waals surface area contributed by atoms with Crippen molar-refractivity contribution in [1.82, 2.24) is 9.78 Å². The summed E-state index contributed by atoms with van der Waals surface area (Å²) in [6.45, 7) is 1.21. The maximum absolute atomic E-state index is 11.1. The van der Waals surface area contributed by atoms with Gasteiger partial charge in [0, 0.05) is 23.7 Å². The number of ether oxygens (including phenoxy) is 2. The molecule has 1 atom stereocenters. The van der Waals surface area contributed by atoms with E-state index in [1.165, 1.54) is 5.56 Å². The molecule has 2 heterocycles. The lowest BCUT2D eigenvalue weighted by molar-refractivity contribution is 0.0766. The smallest absolute Gasteiger partial charge is 0.405 e. The van der Waals surface area contributed by atoms with Gasteiger partial charge in [0.15, 0.2) is 0 Å². The first-order valence-corrected chi connectivity index (χ1v) is 8.48. The second-order valence-electron chi connectivity index (χ2n) is 6.23. The van der Waals surface area contributed by atoms with Crippen molar-refractivity contribution in [2.75, 3.05) is 6.61 Å². The molecule has 2 N–H and O–H groups in total. The number of fused-ring (bicyclic) bond motifs is 1. The lowest BCUT2D eigenvalue weighted by Gasteiger charge is -2.25. The van der Waals surface area contributed by atoms with Crippen LogP contribution in [0.25, 0.3) is 11.1 Å². The van der Waals surface area contributed by atoms with Gasteiger partial charge in [0.05, 0.1) is 19.3 Å². The van der Waals surface area contributed by atoms with E-state index in [1.807, 2.05) is 53.5 Å². The van der Waals surface area contributed by atoms with Crippen molar-refractivity contribution in [3.05, 3.63) is 72.1 Å². The lowest BCUT2D eigenvalue weighted by atomic mass is 9.99. The van der Waals surface area contributed by atoms with E-state index in [4.69, 9.17) is 15.2 Å². The van der Waals surface area contributed by atoms with Gasteiger partial charge in [-0.05, 0) is 17.2 Å². The van der Waals surface area contributed by atoms with E-state index in [0.717, 1.165) is 29.0 Å². The highest BCUT2D eigenvalue weighted by Gasteiger charge is 2.24. The number of amides is 1. The Hall–Kier alpha value is -3.28. The fraction of sp³-hybridized carbons (Fsp3) is 0.200. The summed E-state index contributed by atoms with van der Waals surface area (Å²) in [5.74, 6) is 0.718. The molecule has 0 saturated carbocycles. The first-order valence-electron chi connectivity index (χ1n) is 8.48. The van der Waals surface area contributed by atoms with E-state index in [1.54, 1.807) is 0 Å². The van der Waals surface area contributed by atoms with Crippen LogP contribution in [0.2, 0.25) is 0 Å². The second kappa shape index (κ2) is 6.92. The third kappa shape index (κ3) is 3.39.